The van der Waals surface area contributed by atoms with E-state index in [9.17, 15) is 9.18 Å². The first-order valence-electron chi connectivity index (χ1n) is 6.34. The summed E-state index contributed by atoms with van der Waals surface area (Å²) in [7, 11) is 1.79. The number of carbonyl (C=O) groups excluding carboxylic acids is 1. The topological polar surface area (TPSA) is 29.5 Å². The summed E-state index contributed by atoms with van der Waals surface area (Å²) in [4.78, 5) is 14.0. The van der Waals surface area contributed by atoms with E-state index in [-0.39, 0.29) is 17.6 Å². The van der Waals surface area contributed by atoms with Gasteiger partial charge in [-0.25, -0.2) is 4.39 Å². The first kappa shape index (κ1) is 14.5. The van der Waals surface area contributed by atoms with Crippen LogP contribution in [-0.2, 0) is 16.1 Å². The molecule has 0 saturated carbocycles. The molecule has 2 rings (SSSR count). The number of rotatable bonds is 3. The lowest BCUT2D eigenvalue weighted by atomic mass is 9.98. The van der Waals surface area contributed by atoms with Gasteiger partial charge in [0.1, 0.15) is 5.82 Å². The number of amides is 1. The van der Waals surface area contributed by atoms with Gasteiger partial charge in [-0.1, -0.05) is 22.0 Å². The minimum Gasteiger partial charge on any atom is -0.381 e. The summed E-state index contributed by atoms with van der Waals surface area (Å²) in [5.41, 5.74) is 0.907. The molecule has 1 aliphatic heterocycles. The van der Waals surface area contributed by atoms with E-state index in [1.807, 2.05) is 0 Å². The third-order valence-electron chi connectivity index (χ3n) is 3.37. The molecule has 0 aliphatic carbocycles. The minimum atomic E-state index is -0.283. The fourth-order valence-electron chi connectivity index (χ4n) is 2.24. The third-order valence-corrected chi connectivity index (χ3v) is 4.11. The molecule has 5 heteroatoms. The molecular formula is C14H17BrFNO2. The number of hydrogen-bond donors (Lipinski definition) is 0. The van der Waals surface area contributed by atoms with Gasteiger partial charge in [0.2, 0.25) is 5.91 Å². The van der Waals surface area contributed by atoms with Crippen LogP contribution >= 0.6 is 15.9 Å². The Hall–Kier alpha value is -0.940. The van der Waals surface area contributed by atoms with Crippen molar-refractivity contribution in [2.75, 3.05) is 20.3 Å². The number of hydrogen-bond acceptors (Lipinski definition) is 2. The van der Waals surface area contributed by atoms with Gasteiger partial charge in [-0.15, -0.1) is 0 Å². The van der Waals surface area contributed by atoms with Crippen LogP contribution in [0.25, 0.3) is 0 Å². The fraction of sp³-hybridized carbons (Fsp3) is 0.500. The van der Waals surface area contributed by atoms with Crippen molar-refractivity contribution in [2.45, 2.75) is 19.4 Å². The Morgan fingerprint density at radius 3 is 2.79 bits per heavy atom. The van der Waals surface area contributed by atoms with Crippen molar-refractivity contribution in [3.8, 4) is 0 Å². The average Bonchev–Trinajstić information content (AvgIpc) is 2.42. The monoisotopic (exact) mass is 329 g/mol. The van der Waals surface area contributed by atoms with Gasteiger partial charge in [-0.05, 0) is 30.5 Å². The highest BCUT2D eigenvalue weighted by atomic mass is 79.9. The maximum Gasteiger partial charge on any atom is 0.225 e. The predicted molar refractivity (Wildman–Crippen MR) is 74.1 cm³/mol. The summed E-state index contributed by atoms with van der Waals surface area (Å²) in [6, 6.07) is 4.53. The van der Waals surface area contributed by atoms with Crippen LogP contribution in [0.4, 0.5) is 4.39 Å². The molecule has 1 fully saturated rings. The molecule has 1 amide bonds. The van der Waals surface area contributed by atoms with Crippen molar-refractivity contribution in [3.05, 3.63) is 34.1 Å². The summed E-state index contributed by atoms with van der Waals surface area (Å²) >= 11 is 3.32. The third kappa shape index (κ3) is 3.76. The van der Waals surface area contributed by atoms with Crippen molar-refractivity contribution in [1.29, 1.82) is 0 Å². The first-order valence-corrected chi connectivity index (χ1v) is 7.14. The number of ether oxygens (including phenoxy) is 1. The van der Waals surface area contributed by atoms with Crippen molar-refractivity contribution in [2.24, 2.45) is 5.92 Å². The smallest absolute Gasteiger partial charge is 0.225 e. The van der Waals surface area contributed by atoms with Crippen LogP contribution in [-0.4, -0.2) is 31.1 Å². The lowest BCUT2D eigenvalue weighted by Crippen LogP contribution is -2.35. The van der Waals surface area contributed by atoms with Gasteiger partial charge in [0.05, 0.1) is 0 Å². The normalized spacial score (nSPS) is 16.4. The average molecular weight is 330 g/mol. The van der Waals surface area contributed by atoms with Crippen LogP contribution in [0.3, 0.4) is 0 Å². The van der Waals surface area contributed by atoms with E-state index in [2.05, 4.69) is 15.9 Å². The Kier molecular flexibility index (Phi) is 4.93. The zero-order chi connectivity index (χ0) is 13.8. The molecule has 104 valence electrons. The van der Waals surface area contributed by atoms with Gasteiger partial charge in [0.25, 0.3) is 0 Å². The standard InChI is InChI=1S/C14H17BrFNO2/c1-17(14(18)10-4-6-19-7-5-10)9-11-2-3-12(16)8-13(11)15/h2-3,8,10H,4-7,9H2,1H3. The molecule has 0 bridgehead atoms. The maximum atomic E-state index is 13.0. The van der Waals surface area contributed by atoms with Crippen molar-refractivity contribution in [3.63, 3.8) is 0 Å². The molecule has 1 aliphatic rings. The van der Waals surface area contributed by atoms with Gasteiger partial charge in [0.15, 0.2) is 0 Å². The van der Waals surface area contributed by atoms with E-state index >= 15 is 0 Å². The number of carbonyl (C=O) groups is 1. The summed E-state index contributed by atoms with van der Waals surface area (Å²) < 4.78 is 19.0. The summed E-state index contributed by atoms with van der Waals surface area (Å²) in [5.74, 6) is -0.0912. The van der Waals surface area contributed by atoms with Gasteiger partial charge in [0, 0.05) is 37.2 Å². The highest BCUT2D eigenvalue weighted by Gasteiger charge is 2.24. The summed E-state index contributed by atoms with van der Waals surface area (Å²) in [5, 5.41) is 0. The van der Waals surface area contributed by atoms with Crippen molar-refractivity contribution < 1.29 is 13.9 Å². The second kappa shape index (κ2) is 6.48. The van der Waals surface area contributed by atoms with Crippen LogP contribution < -0.4 is 0 Å². The molecule has 1 aromatic carbocycles. The first-order chi connectivity index (χ1) is 9.08. The van der Waals surface area contributed by atoms with Crippen molar-refractivity contribution >= 4 is 21.8 Å². The Morgan fingerprint density at radius 2 is 2.16 bits per heavy atom. The SMILES string of the molecule is CN(Cc1ccc(F)cc1Br)C(=O)C1CCOCC1. The van der Waals surface area contributed by atoms with Gasteiger partial charge in [-0.3, -0.25) is 4.79 Å². The highest BCUT2D eigenvalue weighted by Crippen LogP contribution is 2.22. The fourth-order valence-corrected chi connectivity index (χ4v) is 2.72. The molecule has 0 N–H and O–H groups in total. The molecule has 0 radical (unpaired) electrons. The van der Waals surface area contributed by atoms with Gasteiger partial charge < -0.3 is 9.64 Å². The second-order valence-corrected chi connectivity index (χ2v) is 5.67. The lowest BCUT2D eigenvalue weighted by Gasteiger charge is -2.26. The molecule has 1 heterocycles. The molecule has 1 saturated heterocycles. The van der Waals surface area contributed by atoms with Crippen LogP contribution in [0, 0.1) is 11.7 Å². The van der Waals surface area contributed by atoms with Gasteiger partial charge >= 0.3 is 0 Å². The molecule has 3 nitrogen and oxygen atoms in total. The number of halogens is 2. The maximum absolute atomic E-state index is 13.0. The quantitative estimate of drug-likeness (QED) is 0.853. The molecule has 0 spiro atoms. The second-order valence-electron chi connectivity index (χ2n) is 4.82. The van der Waals surface area contributed by atoms with E-state index in [0.717, 1.165) is 18.4 Å². The summed E-state index contributed by atoms with van der Waals surface area (Å²) in [6.45, 7) is 1.80. The zero-order valence-corrected chi connectivity index (χ0v) is 12.5. The lowest BCUT2D eigenvalue weighted by molar-refractivity contribution is -0.137. The van der Waals surface area contributed by atoms with Crippen LogP contribution in [0.1, 0.15) is 18.4 Å². The van der Waals surface area contributed by atoms with E-state index in [0.29, 0.717) is 24.2 Å². The van der Waals surface area contributed by atoms with E-state index < -0.39 is 0 Å². The predicted octanol–water partition coefficient (Wildman–Crippen LogP) is 2.97. The molecule has 1 aromatic rings. The van der Waals surface area contributed by atoms with E-state index in [1.54, 1.807) is 18.0 Å². The molecule has 0 unspecified atom stereocenters. The highest BCUT2D eigenvalue weighted by molar-refractivity contribution is 9.10. The number of nitrogens with zero attached hydrogens (tertiary/aromatic N) is 1. The molecule has 0 atom stereocenters. The summed E-state index contributed by atoms with van der Waals surface area (Å²) in [6.07, 6.45) is 1.57. The van der Waals surface area contributed by atoms with Gasteiger partial charge in [-0.2, -0.15) is 0 Å². The molecule has 19 heavy (non-hydrogen) atoms. The molecular weight excluding hydrogens is 313 g/mol. The number of benzene rings is 1. The molecule has 0 aromatic heterocycles. The van der Waals surface area contributed by atoms with Crippen LogP contribution in [0.5, 0.6) is 0 Å². The Morgan fingerprint density at radius 1 is 1.47 bits per heavy atom. The largest absolute Gasteiger partial charge is 0.381 e. The minimum absolute atomic E-state index is 0.0537. The van der Waals surface area contributed by atoms with Crippen LogP contribution in [0.15, 0.2) is 22.7 Å². The Balaban J connectivity index is 1.99. The van der Waals surface area contributed by atoms with Crippen LogP contribution in [0.2, 0.25) is 0 Å². The Labute approximate surface area is 120 Å². The zero-order valence-electron chi connectivity index (χ0n) is 10.9. The van der Waals surface area contributed by atoms with E-state index in [4.69, 9.17) is 4.74 Å². The Bertz CT molecular complexity index is 461. The van der Waals surface area contributed by atoms with E-state index in [1.165, 1.54) is 12.1 Å². The van der Waals surface area contributed by atoms with Crippen molar-refractivity contribution in [1.82, 2.24) is 4.90 Å².